The van der Waals surface area contributed by atoms with Gasteiger partial charge in [0.15, 0.2) is 11.5 Å². The molecule has 0 aliphatic carbocycles. The van der Waals surface area contributed by atoms with Crippen LogP contribution in [0.15, 0.2) is 24.3 Å². The van der Waals surface area contributed by atoms with Gasteiger partial charge >= 0.3 is 0 Å². The Balaban J connectivity index is 2.31. The number of rotatable bonds is 13. The summed E-state index contributed by atoms with van der Waals surface area (Å²) < 4.78 is 4.99. The third kappa shape index (κ3) is 10.1. The van der Waals surface area contributed by atoms with Gasteiger partial charge in [-0.3, -0.25) is 25.6 Å². The molecule has 0 spiro atoms. The van der Waals surface area contributed by atoms with Crippen LogP contribution in [0.3, 0.4) is 0 Å². The molecule has 12 heteroatoms. The Labute approximate surface area is 161 Å². The zero-order chi connectivity index (χ0) is 20.9. The topological polar surface area (TPSA) is 164 Å². The predicted molar refractivity (Wildman–Crippen MR) is 92.2 cm³/mol. The molecule has 1 rings (SSSR count). The zero-order valence-corrected chi connectivity index (χ0v) is 15.3. The molecule has 6 N–H and O–H groups in total. The molecule has 28 heavy (non-hydrogen) atoms. The van der Waals surface area contributed by atoms with Gasteiger partial charge in [0, 0.05) is 12.6 Å². The van der Waals surface area contributed by atoms with Crippen LogP contribution in [0.2, 0.25) is 0 Å². The van der Waals surface area contributed by atoms with Crippen molar-refractivity contribution in [1.82, 2.24) is 16.1 Å². The molecule has 0 heterocycles. The van der Waals surface area contributed by atoms with Gasteiger partial charge in [-0.25, -0.2) is 9.68 Å². The number of amides is 1. The summed E-state index contributed by atoms with van der Waals surface area (Å²) in [5.41, 5.74) is 0.684. The predicted octanol–water partition coefficient (Wildman–Crippen LogP) is 1.09. The fourth-order valence-electron chi connectivity index (χ4n) is 2.19. The van der Waals surface area contributed by atoms with E-state index in [1.807, 2.05) is 0 Å². The summed E-state index contributed by atoms with van der Waals surface area (Å²) in [6.07, 6.45) is 3.45. The van der Waals surface area contributed by atoms with Crippen molar-refractivity contribution in [2.45, 2.75) is 25.4 Å². The molecule has 1 aromatic rings. The third-order valence-corrected chi connectivity index (χ3v) is 3.50. The normalized spacial score (nSPS) is 12.7. The quantitative estimate of drug-likeness (QED) is 0.159. The highest BCUT2D eigenvalue weighted by atomic mass is 17.1. The van der Waals surface area contributed by atoms with E-state index in [2.05, 4.69) is 15.0 Å². The number of aromatic hydroxyl groups is 1. The molecule has 12 nitrogen and oxygen atoms in total. The number of benzene rings is 1. The molecule has 0 aromatic heterocycles. The van der Waals surface area contributed by atoms with E-state index in [0.717, 1.165) is 0 Å². The Hall–Kier alpha value is -2.29. The van der Waals surface area contributed by atoms with Crippen LogP contribution < -0.4 is 10.1 Å². The highest BCUT2D eigenvalue weighted by Crippen LogP contribution is 2.26. The molecule has 1 amide bonds. The lowest BCUT2D eigenvalue weighted by Gasteiger charge is -2.18. The summed E-state index contributed by atoms with van der Waals surface area (Å²) in [6, 6.07) is 4.69. The molecule has 0 saturated carbocycles. The number of unbranched alkanes of at least 4 members (excludes halogenated alkanes) is 1. The monoisotopic (exact) mass is 403 g/mol. The van der Waals surface area contributed by atoms with Crippen molar-refractivity contribution in [3.8, 4) is 11.5 Å². The van der Waals surface area contributed by atoms with Gasteiger partial charge in [0.1, 0.15) is 12.7 Å². The van der Waals surface area contributed by atoms with Crippen LogP contribution in [-0.2, 0) is 14.5 Å². The summed E-state index contributed by atoms with van der Waals surface area (Å²) >= 11 is 0. The Kier molecular flexibility index (Phi) is 11.0. The Morgan fingerprint density at radius 1 is 1.21 bits per heavy atom. The average Bonchev–Trinajstić information content (AvgIpc) is 2.64. The molecule has 0 radical (unpaired) electrons. The molecule has 0 aliphatic heterocycles. The molecule has 1 unspecified atom stereocenters. The molecule has 0 saturated heterocycles. The minimum absolute atomic E-state index is 0.00740. The fraction of sp³-hybridized carbons (Fsp3) is 0.438. The average molecular weight is 403 g/mol. The lowest BCUT2D eigenvalue weighted by atomic mass is 10.1. The van der Waals surface area contributed by atoms with Crippen molar-refractivity contribution < 1.29 is 45.1 Å². The van der Waals surface area contributed by atoms with Gasteiger partial charge in [-0.1, -0.05) is 6.07 Å². The van der Waals surface area contributed by atoms with Crippen molar-refractivity contribution in [3.63, 3.8) is 0 Å². The molecule has 158 valence electrons. The van der Waals surface area contributed by atoms with E-state index in [0.29, 0.717) is 37.1 Å². The molecule has 0 aliphatic rings. The van der Waals surface area contributed by atoms with E-state index >= 15 is 0 Å². The van der Waals surface area contributed by atoms with Crippen LogP contribution in [0, 0.1) is 0 Å². The fourth-order valence-corrected chi connectivity index (χ4v) is 2.19. The van der Waals surface area contributed by atoms with Crippen molar-refractivity contribution >= 4 is 12.0 Å². The Morgan fingerprint density at radius 3 is 2.61 bits per heavy atom. The zero-order valence-electron chi connectivity index (χ0n) is 15.3. The molecule has 1 aromatic carbocycles. The number of carbonyl (C=O) groups excluding carboxylic acids is 1. The number of ether oxygens (including phenoxy) is 1. The van der Waals surface area contributed by atoms with E-state index in [1.165, 1.54) is 19.3 Å². The first-order valence-electron chi connectivity index (χ1n) is 8.30. The van der Waals surface area contributed by atoms with Crippen molar-refractivity contribution in [2.24, 2.45) is 0 Å². The first-order chi connectivity index (χ1) is 13.3. The van der Waals surface area contributed by atoms with Gasteiger partial charge in [-0.15, -0.1) is 0 Å². The molecular formula is C16H25N3O9. The van der Waals surface area contributed by atoms with Crippen LogP contribution in [0.1, 0.15) is 24.8 Å². The highest BCUT2D eigenvalue weighted by Gasteiger charge is 2.14. The number of phenolic OH excluding ortho intramolecular Hbond substituents is 1. The third-order valence-electron chi connectivity index (χ3n) is 3.50. The SMILES string of the molecule is COc1cc(/C=C/C(=O)NCCCCC(CON(O)O)ON(O)O)ccc1O. The van der Waals surface area contributed by atoms with E-state index in [9.17, 15) is 9.90 Å². The second kappa shape index (κ2) is 13.0. The maximum absolute atomic E-state index is 11.8. The maximum atomic E-state index is 11.8. The number of carbonyl (C=O) groups is 1. The maximum Gasteiger partial charge on any atom is 0.243 e. The van der Waals surface area contributed by atoms with E-state index < -0.39 is 16.9 Å². The number of nitrogens with zero attached hydrogens (tertiary/aromatic N) is 2. The number of methoxy groups -OCH3 is 1. The first kappa shape index (κ1) is 23.7. The van der Waals surface area contributed by atoms with Crippen molar-refractivity contribution in [1.29, 1.82) is 0 Å². The van der Waals surface area contributed by atoms with Crippen LogP contribution >= 0.6 is 0 Å². The highest BCUT2D eigenvalue weighted by molar-refractivity contribution is 5.91. The first-order valence-corrected chi connectivity index (χ1v) is 8.30. The number of phenols is 1. The van der Waals surface area contributed by atoms with Gasteiger partial charge < -0.3 is 15.2 Å². The summed E-state index contributed by atoms with van der Waals surface area (Å²) in [5, 5.41) is 45.5. The lowest BCUT2D eigenvalue weighted by Crippen LogP contribution is -2.31. The number of nitrogens with one attached hydrogen (secondary N) is 1. The van der Waals surface area contributed by atoms with E-state index in [1.54, 1.807) is 18.2 Å². The van der Waals surface area contributed by atoms with Gasteiger partial charge in [-0.2, -0.15) is 0 Å². The summed E-state index contributed by atoms with van der Waals surface area (Å²) in [6.45, 7) is 0.0273. The van der Waals surface area contributed by atoms with Gasteiger partial charge in [0.25, 0.3) is 0 Å². The number of hydrogen-bond acceptors (Lipinski definition) is 11. The minimum atomic E-state index is -0.850. The van der Waals surface area contributed by atoms with Crippen molar-refractivity contribution in [2.75, 3.05) is 20.3 Å². The second-order valence-electron chi connectivity index (χ2n) is 5.58. The van der Waals surface area contributed by atoms with E-state index in [4.69, 9.17) is 25.6 Å². The summed E-state index contributed by atoms with van der Waals surface area (Å²) in [4.78, 5) is 20.8. The molecule has 0 bridgehead atoms. The van der Waals surface area contributed by atoms with Crippen LogP contribution in [0.25, 0.3) is 6.08 Å². The molecule has 1 atom stereocenters. The van der Waals surface area contributed by atoms with Gasteiger partial charge in [0.05, 0.1) is 17.9 Å². The van der Waals surface area contributed by atoms with Crippen LogP contribution in [0.4, 0.5) is 0 Å². The standard InChI is InChI=1S/C16H25N3O9/c1-26-15-10-12(5-7-14(15)20)6-8-16(21)17-9-3-2-4-13(28-19(24)25)11-27-18(22)23/h5-8,10,13,20,22-25H,2-4,9,11H2,1H3,(H,17,21)/b8-6+. The Morgan fingerprint density at radius 2 is 1.96 bits per heavy atom. The smallest absolute Gasteiger partial charge is 0.243 e. The Bertz CT molecular complexity index is 625. The largest absolute Gasteiger partial charge is 0.504 e. The lowest BCUT2D eigenvalue weighted by molar-refractivity contribution is -0.527. The van der Waals surface area contributed by atoms with Gasteiger partial charge in [-0.05, 0) is 43.0 Å². The van der Waals surface area contributed by atoms with Crippen molar-refractivity contribution in [3.05, 3.63) is 29.8 Å². The minimum Gasteiger partial charge on any atom is -0.504 e. The van der Waals surface area contributed by atoms with Gasteiger partial charge in [0.2, 0.25) is 5.91 Å². The van der Waals surface area contributed by atoms with Crippen LogP contribution in [0.5, 0.6) is 11.5 Å². The molecule has 0 fully saturated rings. The summed E-state index contributed by atoms with van der Waals surface area (Å²) in [5.74, 6) is 0.00223. The number of hydrogen-bond donors (Lipinski definition) is 6. The summed E-state index contributed by atoms with van der Waals surface area (Å²) in [7, 11) is 1.43. The van der Waals surface area contributed by atoms with Crippen LogP contribution in [-0.4, -0.2) is 69.0 Å². The molecular weight excluding hydrogens is 378 g/mol. The van der Waals surface area contributed by atoms with E-state index in [-0.39, 0.29) is 18.3 Å². The second-order valence-corrected chi connectivity index (χ2v) is 5.58.